The molecule has 20 heavy (non-hydrogen) atoms. The minimum Gasteiger partial charge on any atom is -0.497 e. The van der Waals surface area contributed by atoms with E-state index in [1.54, 1.807) is 7.11 Å². The predicted molar refractivity (Wildman–Crippen MR) is 78.9 cm³/mol. The molecule has 0 spiro atoms. The molecule has 0 saturated heterocycles. The lowest BCUT2D eigenvalue weighted by molar-refractivity contribution is -0.115. The maximum Gasteiger partial charge on any atom is 0.238 e. The summed E-state index contributed by atoms with van der Waals surface area (Å²) in [5, 5.41) is 6.20. The van der Waals surface area contributed by atoms with Crippen LogP contribution in [-0.4, -0.2) is 26.1 Å². The van der Waals surface area contributed by atoms with Crippen LogP contribution in [0.5, 0.6) is 5.75 Å². The fourth-order valence-corrected chi connectivity index (χ4v) is 2.89. The summed E-state index contributed by atoms with van der Waals surface area (Å²) < 4.78 is 5.09. The Morgan fingerprint density at radius 3 is 2.55 bits per heavy atom. The van der Waals surface area contributed by atoms with Crippen molar-refractivity contribution in [2.24, 2.45) is 11.3 Å². The van der Waals surface area contributed by atoms with E-state index in [0.29, 0.717) is 12.0 Å². The van der Waals surface area contributed by atoms with Gasteiger partial charge in [-0.25, -0.2) is 0 Å². The number of amides is 1. The molecular formula is C16H22N2O2. The van der Waals surface area contributed by atoms with Gasteiger partial charge in [-0.3, -0.25) is 4.79 Å². The Balaban J connectivity index is 1.40. The molecule has 4 heteroatoms. The number of ether oxygens (including phenoxy) is 1. The molecule has 0 atom stereocenters. The van der Waals surface area contributed by atoms with Crippen molar-refractivity contribution in [3.05, 3.63) is 24.3 Å². The molecule has 2 fully saturated rings. The molecule has 0 bridgehead atoms. The average Bonchev–Trinajstić information content (AvgIpc) is 3.32. The van der Waals surface area contributed by atoms with Crippen molar-refractivity contribution in [3.63, 3.8) is 0 Å². The number of hydrogen-bond donors (Lipinski definition) is 2. The first kappa shape index (κ1) is 13.4. The van der Waals surface area contributed by atoms with E-state index in [0.717, 1.165) is 23.9 Å². The Morgan fingerprint density at radius 1 is 1.30 bits per heavy atom. The maximum absolute atomic E-state index is 11.9. The number of nitrogens with one attached hydrogen (secondary N) is 2. The van der Waals surface area contributed by atoms with E-state index < -0.39 is 0 Å². The van der Waals surface area contributed by atoms with Gasteiger partial charge in [0.2, 0.25) is 5.91 Å². The highest BCUT2D eigenvalue weighted by molar-refractivity contribution is 5.92. The molecular weight excluding hydrogens is 252 g/mol. The smallest absolute Gasteiger partial charge is 0.238 e. The van der Waals surface area contributed by atoms with Crippen molar-refractivity contribution in [1.82, 2.24) is 5.32 Å². The number of anilines is 1. The third kappa shape index (κ3) is 3.12. The minimum absolute atomic E-state index is 0.0155. The first-order valence-corrected chi connectivity index (χ1v) is 7.36. The van der Waals surface area contributed by atoms with Gasteiger partial charge in [0, 0.05) is 12.2 Å². The first-order chi connectivity index (χ1) is 9.72. The van der Waals surface area contributed by atoms with Crippen LogP contribution < -0.4 is 15.4 Å². The van der Waals surface area contributed by atoms with Crippen LogP contribution in [0.4, 0.5) is 5.69 Å². The summed E-state index contributed by atoms with van der Waals surface area (Å²) in [5.41, 5.74) is 1.35. The van der Waals surface area contributed by atoms with Crippen LogP contribution >= 0.6 is 0 Å². The molecule has 2 N–H and O–H groups in total. The second-order valence-electron chi connectivity index (χ2n) is 6.02. The highest BCUT2D eigenvalue weighted by Crippen LogP contribution is 2.60. The molecule has 3 rings (SSSR count). The van der Waals surface area contributed by atoms with Crippen molar-refractivity contribution < 1.29 is 9.53 Å². The second kappa shape index (κ2) is 5.44. The van der Waals surface area contributed by atoms with E-state index >= 15 is 0 Å². The summed E-state index contributed by atoms with van der Waals surface area (Å²) in [6, 6.07) is 7.39. The summed E-state index contributed by atoms with van der Waals surface area (Å²) in [4.78, 5) is 11.9. The van der Waals surface area contributed by atoms with Gasteiger partial charge in [0.05, 0.1) is 13.7 Å². The standard InChI is InChI=1S/C16H22N2O2/c1-20-14-6-4-13(5-7-14)18-15(19)10-17-11-16(8-9-16)12-2-3-12/h4-7,12,17H,2-3,8-11H2,1H3,(H,18,19). The predicted octanol–water partition coefficient (Wildman–Crippen LogP) is 2.41. The molecule has 2 aliphatic carbocycles. The third-order valence-corrected chi connectivity index (χ3v) is 4.47. The molecule has 2 aliphatic rings. The van der Waals surface area contributed by atoms with Gasteiger partial charge in [-0.05, 0) is 61.3 Å². The second-order valence-corrected chi connectivity index (χ2v) is 6.02. The number of carbonyl (C=O) groups is 1. The van der Waals surface area contributed by atoms with Crippen molar-refractivity contribution in [3.8, 4) is 5.75 Å². The van der Waals surface area contributed by atoms with Crippen LogP contribution in [0.25, 0.3) is 0 Å². The van der Waals surface area contributed by atoms with Gasteiger partial charge in [0.15, 0.2) is 0 Å². The molecule has 1 aromatic rings. The van der Waals surface area contributed by atoms with E-state index in [1.807, 2.05) is 24.3 Å². The molecule has 0 aliphatic heterocycles. The number of hydrogen-bond acceptors (Lipinski definition) is 3. The molecule has 0 unspecified atom stereocenters. The summed E-state index contributed by atoms with van der Waals surface area (Å²) in [5.74, 6) is 1.74. The Kier molecular flexibility index (Phi) is 3.66. The van der Waals surface area contributed by atoms with Gasteiger partial charge >= 0.3 is 0 Å². The van der Waals surface area contributed by atoms with Gasteiger partial charge in [-0.2, -0.15) is 0 Å². The highest BCUT2D eigenvalue weighted by Gasteiger charge is 2.53. The average molecular weight is 274 g/mol. The zero-order valence-corrected chi connectivity index (χ0v) is 11.9. The normalized spacial score (nSPS) is 19.4. The molecule has 1 amide bonds. The van der Waals surface area contributed by atoms with Gasteiger partial charge in [-0.1, -0.05) is 0 Å². The van der Waals surface area contributed by atoms with Crippen molar-refractivity contribution in [2.75, 3.05) is 25.5 Å². The lowest BCUT2D eigenvalue weighted by Crippen LogP contribution is -2.33. The van der Waals surface area contributed by atoms with Gasteiger partial charge in [-0.15, -0.1) is 0 Å². The quantitative estimate of drug-likeness (QED) is 0.803. The Morgan fingerprint density at radius 2 is 2.00 bits per heavy atom. The molecule has 0 radical (unpaired) electrons. The highest BCUT2D eigenvalue weighted by atomic mass is 16.5. The van der Waals surface area contributed by atoms with Gasteiger partial charge in [0.25, 0.3) is 0 Å². The SMILES string of the molecule is COc1ccc(NC(=O)CNCC2(C3CC3)CC2)cc1. The topological polar surface area (TPSA) is 50.4 Å². The van der Waals surface area contributed by atoms with Crippen LogP contribution in [0.1, 0.15) is 25.7 Å². The van der Waals surface area contributed by atoms with Crippen molar-refractivity contribution in [1.29, 1.82) is 0 Å². The van der Waals surface area contributed by atoms with Crippen molar-refractivity contribution in [2.45, 2.75) is 25.7 Å². The number of rotatable bonds is 7. The Hall–Kier alpha value is -1.55. The Labute approximate surface area is 119 Å². The molecule has 2 saturated carbocycles. The van der Waals surface area contributed by atoms with E-state index in [4.69, 9.17) is 4.74 Å². The third-order valence-electron chi connectivity index (χ3n) is 4.47. The summed E-state index contributed by atoms with van der Waals surface area (Å²) >= 11 is 0. The van der Waals surface area contributed by atoms with Gasteiger partial charge < -0.3 is 15.4 Å². The van der Waals surface area contributed by atoms with Crippen LogP contribution in [0.2, 0.25) is 0 Å². The number of methoxy groups -OCH3 is 1. The summed E-state index contributed by atoms with van der Waals surface area (Å²) in [6.07, 6.45) is 5.45. The fraction of sp³-hybridized carbons (Fsp3) is 0.562. The Bertz CT molecular complexity index is 476. The van der Waals surface area contributed by atoms with Crippen LogP contribution in [0, 0.1) is 11.3 Å². The molecule has 0 heterocycles. The minimum atomic E-state index is 0.0155. The van der Waals surface area contributed by atoms with E-state index in [-0.39, 0.29) is 5.91 Å². The van der Waals surface area contributed by atoms with Crippen LogP contribution in [-0.2, 0) is 4.79 Å². The van der Waals surface area contributed by atoms with E-state index in [2.05, 4.69) is 10.6 Å². The molecule has 108 valence electrons. The fourth-order valence-electron chi connectivity index (χ4n) is 2.89. The summed E-state index contributed by atoms with van der Waals surface area (Å²) in [6.45, 7) is 1.38. The largest absolute Gasteiger partial charge is 0.497 e. The van der Waals surface area contributed by atoms with Crippen molar-refractivity contribution >= 4 is 11.6 Å². The van der Waals surface area contributed by atoms with Gasteiger partial charge in [0.1, 0.15) is 5.75 Å². The lowest BCUT2D eigenvalue weighted by atomic mass is 10.0. The lowest BCUT2D eigenvalue weighted by Gasteiger charge is -2.14. The molecule has 0 aromatic heterocycles. The monoisotopic (exact) mass is 274 g/mol. The zero-order chi connectivity index (χ0) is 14.0. The van der Waals surface area contributed by atoms with E-state index in [9.17, 15) is 4.79 Å². The van der Waals surface area contributed by atoms with Crippen LogP contribution in [0.15, 0.2) is 24.3 Å². The first-order valence-electron chi connectivity index (χ1n) is 7.36. The number of carbonyl (C=O) groups excluding carboxylic acids is 1. The summed E-state index contributed by atoms with van der Waals surface area (Å²) in [7, 11) is 1.63. The van der Waals surface area contributed by atoms with Crippen LogP contribution in [0.3, 0.4) is 0 Å². The number of benzene rings is 1. The molecule has 1 aromatic carbocycles. The van der Waals surface area contributed by atoms with E-state index in [1.165, 1.54) is 25.7 Å². The maximum atomic E-state index is 11.9. The zero-order valence-electron chi connectivity index (χ0n) is 11.9. The molecule has 4 nitrogen and oxygen atoms in total.